The average Bonchev–Trinajstić information content (AvgIpc) is 2.95. The van der Waals surface area contributed by atoms with E-state index >= 15 is 0 Å². The van der Waals surface area contributed by atoms with Crippen LogP contribution in [0.15, 0.2) is 24.4 Å². The number of nitrogens with one attached hydrogen (secondary N) is 3. The van der Waals surface area contributed by atoms with Gasteiger partial charge in [0.1, 0.15) is 0 Å². The molecule has 2 heterocycles. The van der Waals surface area contributed by atoms with Crippen LogP contribution in [-0.2, 0) is 6.54 Å². The average molecular weight is 377 g/mol. The smallest absolute Gasteiger partial charge is 0.315 e. The van der Waals surface area contributed by atoms with E-state index in [0.717, 1.165) is 38.3 Å². The van der Waals surface area contributed by atoms with Crippen LogP contribution in [0.2, 0.25) is 0 Å². The van der Waals surface area contributed by atoms with E-state index in [2.05, 4.69) is 32.8 Å². The molecule has 1 aliphatic heterocycles. The van der Waals surface area contributed by atoms with Crippen molar-refractivity contribution in [1.29, 1.82) is 0 Å². The maximum absolute atomic E-state index is 12.2. The van der Waals surface area contributed by atoms with Crippen molar-refractivity contribution in [1.82, 2.24) is 25.8 Å². The summed E-state index contributed by atoms with van der Waals surface area (Å²) in [5.41, 5.74) is 6.63. The number of likely N-dealkylation sites (tertiary alicyclic amines) is 1. The summed E-state index contributed by atoms with van der Waals surface area (Å²) in [4.78, 5) is 19.0. The lowest BCUT2D eigenvalue weighted by Crippen LogP contribution is -2.50. The van der Waals surface area contributed by atoms with Gasteiger partial charge in [0.2, 0.25) is 0 Å². The van der Waals surface area contributed by atoms with Crippen LogP contribution >= 0.6 is 0 Å². The van der Waals surface area contributed by atoms with Crippen molar-refractivity contribution in [2.45, 2.75) is 58.3 Å². The highest BCUT2D eigenvalue weighted by Crippen LogP contribution is 2.19. The Morgan fingerprint density at radius 1 is 1.41 bits per heavy atom. The SMILES string of the molecule is C[C@@H](CN)CN1C[C@H](NC(=O)NC(C)(C)C)C[C@H]1CNCc1ccccn1. The van der Waals surface area contributed by atoms with E-state index < -0.39 is 0 Å². The lowest BCUT2D eigenvalue weighted by Gasteiger charge is -2.27. The van der Waals surface area contributed by atoms with Crippen LogP contribution < -0.4 is 21.7 Å². The second kappa shape index (κ2) is 10.0. The first-order chi connectivity index (χ1) is 12.8. The standard InChI is InChI=1S/C20H36N6O/c1-15(10-21)13-26-14-17(24-19(27)25-20(2,3)4)9-18(26)12-22-11-16-7-5-6-8-23-16/h5-8,15,17-18,22H,9-14,21H2,1-4H3,(H2,24,25,27)/t15-,17+,18-/m0/s1. The van der Waals surface area contributed by atoms with Crippen molar-refractivity contribution in [3.05, 3.63) is 30.1 Å². The molecule has 1 aromatic heterocycles. The summed E-state index contributed by atoms with van der Waals surface area (Å²) in [5.74, 6) is 0.436. The summed E-state index contributed by atoms with van der Waals surface area (Å²) < 4.78 is 0. The molecule has 0 aliphatic carbocycles. The van der Waals surface area contributed by atoms with Gasteiger partial charge in [-0.15, -0.1) is 0 Å². The molecule has 0 aromatic carbocycles. The van der Waals surface area contributed by atoms with Crippen LogP contribution in [0.4, 0.5) is 4.79 Å². The van der Waals surface area contributed by atoms with E-state index in [4.69, 9.17) is 5.73 Å². The van der Waals surface area contributed by atoms with E-state index in [9.17, 15) is 4.79 Å². The minimum atomic E-state index is -0.236. The van der Waals surface area contributed by atoms with Gasteiger partial charge < -0.3 is 21.7 Å². The Labute approximate surface area is 163 Å². The third-order valence-electron chi connectivity index (χ3n) is 4.71. The lowest BCUT2D eigenvalue weighted by atomic mass is 10.1. The molecule has 1 aliphatic rings. The summed E-state index contributed by atoms with van der Waals surface area (Å²) >= 11 is 0. The Morgan fingerprint density at radius 3 is 2.81 bits per heavy atom. The molecule has 0 spiro atoms. The molecule has 0 saturated carbocycles. The molecule has 7 nitrogen and oxygen atoms in total. The Kier molecular flexibility index (Phi) is 8.01. The minimum absolute atomic E-state index is 0.0959. The van der Waals surface area contributed by atoms with Gasteiger partial charge in [-0.25, -0.2) is 4.79 Å². The Hall–Kier alpha value is -1.70. The zero-order valence-electron chi connectivity index (χ0n) is 17.2. The summed E-state index contributed by atoms with van der Waals surface area (Å²) in [5, 5.41) is 9.62. The maximum Gasteiger partial charge on any atom is 0.315 e. The van der Waals surface area contributed by atoms with Gasteiger partial charge in [-0.3, -0.25) is 9.88 Å². The summed E-state index contributed by atoms with van der Waals surface area (Å²) in [6, 6.07) is 6.39. The van der Waals surface area contributed by atoms with Crippen LogP contribution in [0.25, 0.3) is 0 Å². The predicted octanol–water partition coefficient (Wildman–Crippen LogP) is 1.31. The van der Waals surface area contributed by atoms with Gasteiger partial charge in [0.05, 0.1) is 5.69 Å². The largest absolute Gasteiger partial charge is 0.334 e. The molecule has 5 N–H and O–H groups in total. The number of aromatic nitrogens is 1. The minimum Gasteiger partial charge on any atom is -0.334 e. The topological polar surface area (TPSA) is 95.3 Å². The number of urea groups is 1. The highest BCUT2D eigenvalue weighted by molar-refractivity contribution is 5.75. The number of nitrogens with two attached hydrogens (primary N) is 1. The molecule has 3 atom stereocenters. The third kappa shape index (κ3) is 7.82. The number of hydrogen-bond acceptors (Lipinski definition) is 5. The van der Waals surface area contributed by atoms with Crippen molar-refractivity contribution in [2.24, 2.45) is 11.7 Å². The number of hydrogen-bond donors (Lipinski definition) is 4. The molecule has 0 radical (unpaired) electrons. The second-order valence-corrected chi connectivity index (χ2v) is 8.68. The molecule has 0 bridgehead atoms. The van der Waals surface area contributed by atoms with Crippen LogP contribution in [0.1, 0.15) is 39.8 Å². The fraction of sp³-hybridized carbons (Fsp3) is 0.700. The lowest BCUT2D eigenvalue weighted by molar-refractivity contribution is 0.213. The highest BCUT2D eigenvalue weighted by Gasteiger charge is 2.33. The molecule has 2 rings (SSSR count). The third-order valence-corrected chi connectivity index (χ3v) is 4.71. The molecule has 27 heavy (non-hydrogen) atoms. The van der Waals surface area contributed by atoms with Crippen LogP contribution in [0.5, 0.6) is 0 Å². The first kappa shape index (κ1) is 21.6. The molecule has 152 valence electrons. The van der Waals surface area contributed by atoms with Crippen LogP contribution in [-0.4, -0.2) is 59.7 Å². The number of nitrogens with zero attached hydrogens (tertiary/aromatic N) is 2. The fourth-order valence-corrected chi connectivity index (χ4v) is 3.43. The monoisotopic (exact) mass is 376 g/mol. The normalized spacial score (nSPS) is 21.8. The number of pyridine rings is 1. The Bertz CT molecular complexity index is 574. The molecular weight excluding hydrogens is 340 g/mol. The predicted molar refractivity (Wildman–Crippen MR) is 109 cm³/mol. The molecule has 7 heteroatoms. The number of amides is 2. The molecule has 1 aromatic rings. The quantitative estimate of drug-likeness (QED) is 0.549. The van der Waals surface area contributed by atoms with Crippen molar-refractivity contribution >= 4 is 6.03 Å². The van der Waals surface area contributed by atoms with Gasteiger partial charge in [-0.2, -0.15) is 0 Å². The van der Waals surface area contributed by atoms with Gasteiger partial charge in [-0.1, -0.05) is 13.0 Å². The molecule has 1 fully saturated rings. The number of rotatable bonds is 8. The molecule has 1 saturated heterocycles. The Morgan fingerprint density at radius 2 is 2.19 bits per heavy atom. The van der Waals surface area contributed by atoms with E-state index in [-0.39, 0.29) is 17.6 Å². The van der Waals surface area contributed by atoms with E-state index in [1.807, 2.05) is 45.2 Å². The summed E-state index contributed by atoms with van der Waals surface area (Å²) in [6.45, 7) is 12.2. The van der Waals surface area contributed by atoms with Gasteiger partial charge >= 0.3 is 6.03 Å². The van der Waals surface area contributed by atoms with E-state index in [0.29, 0.717) is 18.5 Å². The summed E-state index contributed by atoms with van der Waals surface area (Å²) in [7, 11) is 0. The van der Waals surface area contributed by atoms with E-state index in [1.54, 1.807) is 0 Å². The van der Waals surface area contributed by atoms with Gasteiger partial charge in [0, 0.05) is 50.0 Å². The van der Waals surface area contributed by atoms with Gasteiger partial charge in [0.15, 0.2) is 0 Å². The first-order valence-corrected chi connectivity index (χ1v) is 9.90. The van der Waals surface area contributed by atoms with Gasteiger partial charge in [-0.05, 0) is 51.8 Å². The second-order valence-electron chi connectivity index (χ2n) is 8.68. The molecule has 2 amide bonds. The first-order valence-electron chi connectivity index (χ1n) is 9.90. The Balaban J connectivity index is 1.88. The van der Waals surface area contributed by atoms with Crippen LogP contribution in [0.3, 0.4) is 0 Å². The van der Waals surface area contributed by atoms with Gasteiger partial charge in [0.25, 0.3) is 0 Å². The maximum atomic E-state index is 12.2. The zero-order chi connectivity index (χ0) is 19.9. The number of carbonyl (C=O) groups excluding carboxylic acids is 1. The fourth-order valence-electron chi connectivity index (χ4n) is 3.43. The van der Waals surface area contributed by atoms with Crippen molar-refractivity contribution in [2.75, 3.05) is 26.2 Å². The highest BCUT2D eigenvalue weighted by atomic mass is 16.2. The van der Waals surface area contributed by atoms with E-state index in [1.165, 1.54) is 0 Å². The molecule has 0 unspecified atom stereocenters. The zero-order valence-corrected chi connectivity index (χ0v) is 17.2. The van der Waals surface area contributed by atoms with Crippen molar-refractivity contribution in [3.8, 4) is 0 Å². The number of carbonyl (C=O) groups is 1. The molecular formula is C20H36N6O. The van der Waals surface area contributed by atoms with Crippen molar-refractivity contribution < 1.29 is 4.79 Å². The van der Waals surface area contributed by atoms with Crippen molar-refractivity contribution in [3.63, 3.8) is 0 Å². The van der Waals surface area contributed by atoms with Crippen LogP contribution in [0, 0.1) is 5.92 Å². The summed E-state index contributed by atoms with van der Waals surface area (Å²) in [6.07, 6.45) is 2.75.